The molecule has 0 saturated heterocycles. The van der Waals surface area contributed by atoms with Gasteiger partial charge in [0.2, 0.25) is 0 Å². The van der Waals surface area contributed by atoms with Crippen molar-refractivity contribution in [3.8, 4) is 5.75 Å². The molecule has 0 amide bonds. The Bertz CT molecular complexity index is 231. The van der Waals surface area contributed by atoms with Gasteiger partial charge in [-0.05, 0) is 0 Å². The first-order chi connectivity index (χ1) is 4.80. The molecule has 0 aromatic carbocycles. The highest BCUT2D eigenvalue weighted by Crippen LogP contribution is 1.88. The van der Waals surface area contributed by atoms with Crippen molar-refractivity contribution in [2.75, 3.05) is 0 Å². The van der Waals surface area contributed by atoms with E-state index >= 15 is 0 Å². The van der Waals surface area contributed by atoms with Crippen LogP contribution in [0.5, 0.6) is 5.75 Å². The van der Waals surface area contributed by atoms with Crippen LogP contribution in [0.1, 0.15) is 13.8 Å². The minimum absolute atomic E-state index is 0.354. The average Bonchev–Trinajstić information content (AvgIpc) is 2.00. The maximum Gasteiger partial charge on any atom is 0.292 e. The quantitative estimate of drug-likeness (QED) is 0.554. The van der Waals surface area contributed by atoms with Crippen LogP contribution in [0.25, 0.3) is 0 Å². The molecule has 0 aliphatic carbocycles. The maximum atomic E-state index is 10.3. The molecular formula is C6H10N2O2. The van der Waals surface area contributed by atoms with Gasteiger partial charge in [0.1, 0.15) is 0 Å². The van der Waals surface area contributed by atoms with E-state index in [1.165, 1.54) is 6.33 Å². The van der Waals surface area contributed by atoms with E-state index in [1.54, 1.807) is 0 Å². The summed E-state index contributed by atoms with van der Waals surface area (Å²) in [7, 11) is 0. The molecular weight excluding hydrogens is 132 g/mol. The van der Waals surface area contributed by atoms with Gasteiger partial charge in [0, 0.05) is 0 Å². The lowest BCUT2D eigenvalue weighted by Crippen LogP contribution is -2.03. The number of hydrogen-bond acceptors (Lipinski definition) is 3. The Kier molecular flexibility index (Phi) is 3.95. The molecule has 1 rings (SSSR count). The van der Waals surface area contributed by atoms with E-state index in [2.05, 4.69) is 9.97 Å². The minimum Gasteiger partial charge on any atom is -0.502 e. The van der Waals surface area contributed by atoms with Crippen LogP contribution in [-0.2, 0) is 0 Å². The van der Waals surface area contributed by atoms with Gasteiger partial charge >= 0.3 is 0 Å². The molecule has 0 saturated carbocycles. The third-order valence-electron chi connectivity index (χ3n) is 0.700. The van der Waals surface area contributed by atoms with E-state index < -0.39 is 5.56 Å². The molecule has 1 aromatic rings. The number of hydrogen-bond donors (Lipinski definition) is 2. The van der Waals surface area contributed by atoms with E-state index in [9.17, 15) is 4.79 Å². The van der Waals surface area contributed by atoms with Crippen LogP contribution in [-0.4, -0.2) is 15.1 Å². The van der Waals surface area contributed by atoms with Crippen molar-refractivity contribution >= 4 is 0 Å². The summed E-state index contributed by atoms with van der Waals surface area (Å²) in [5.74, 6) is -0.354. The first-order valence-corrected chi connectivity index (χ1v) is 3.02. The van der Waals surface area contributed by atoms with Gasteiger partial charge in [0.25, 0.3) is 5.56 Å². The summed E-state index contributed by atoms with van der Waals surface area (Å²) in [6.45, 7) is 4.00. The summed E-state index contributed by atoms with van der Waals surface area (Å²) in [5, 5.41) is 8.51. The third kappa shape index (κ3) is 2.30. The first kappa shape index (κ1) is 8.68. The average molecular weight is 142 g/mol. The number of aromatic hydroxyl groups is 1. The fourth-order valence-corrected chi connectivity index (χ4v) is 0.336. The maximum absolute atomic E-state index is 10.3. The van der Waals surface area contributed by atoms with Gasteiger partial charge in [-0.1, -0.05) is 13.8 Å². The molecule has 0 atom stereocenters. The van der Waals surface area contributed by atoms with Crippen LogP contribution in [0.4, 0.5) is 0 Å². The lowest BCUT2D eigenvalue weighted by atomic mass is 10.6. The van der Waals surface area contributed by atoms with Crippen LogP contribution >= 0.6 is 0 Å². The number of aromatic nitrogens is 2. The normalized spacial score (nSPS) is 7.80. The second-order valence-corrected chi connectivity index (χ2v) is 1.27. The van der Waals surface area contributed by atoms with E-state index in [0.717, 1.165) is 6.20 Å². The van der Waals surface area contributed by atoms with Gasteiger partial charge < -0.3 is 10.1 Å². The fourth-order valence-electron chi connectivity index (χ4n) is 0.336. The van der Waals surface area contributed by atoms with Gasteiger partial charge in [-0.15, -0.1) is 0 Å². The molecule has 10 heavy (non-hydrogen) atoms. The summed E-state index contributed by atoms with van der Waals surface area (Å²) in [4.78, 5) is 15.9. The highest BCUT2D eigenvalue weighted by molar-refractivity contribution is 5.07. The zero-order valence-corrected chi connectivity index (χ0v) is 5.96. The molecule has 1 heterocycles. The van der Waals surface area contributed by atoms with E-state index in [0.29, 0.717) is 0 Å². The zero-order chi connectivity index (χ0) is 7.98. The van der Waals surface area contributed by atoms with Gasteiger partial charge in [-0.2, -0.15) is 0 Å². The number of nitrogens with one attached hydrogen (secondary N) is 1. The molecule has 0 spiro atoms. The van der Waals surface area contributed by atoms with E-state index in [4.69, 9.17) is 5.11 Å². The Morgan fingerprint density at radius 2 is 2.20 bits per heavy atom. The van der Waals surface area contributed by atoms with Gasteiger partial charge in [0.15, 0.2) is 5.75 Å². The Balaban J connectivity index is 0.000000371. The van der Waals surface area contributed by atoms with Crippen molar-refractivity contribution in [3.05, 3.63) is 22.9 Å². The molecule has 0 radical (unpaired) electrons. The van der Waals surface area contributed by atoms with Crippen molar-refractivity contribution in [2.45, 2.75) is 13.8 Å². The molecule has 56 valence electrons. The molecule has 4 heteroatoms. The predicted molar refractivity (Wildman–Crippen MR) is 37.9 cm³/mol. The molecule has 0 fully saturated rings. The Hall–Kier alpha value is -1.32. The van der Waals surface area contributed by atoms with Crippen LogP contribution in [0, 0.1) is 0 Å². The number of nitrogens with zero attached hydrogens (tertiary/aromatic N) is 1. The first-order valence-electron chi connectivity index (χ1n) is 3.02. The minimum atomic E-state index is -0.514. The van der Waals surface area contributed by atoms with E-state index in [1.807, 2.05) is 13.8 Å². The van der Waals surface area contributed by atoms with Crippen LogP contribution in [0.15, 0.2) is 17.3 Å². The van der Waals surface area contributed by atoms with Crippen molar-refractivity contribution in [2.24, 2.45) is 0 Å². The lowest BCUT2D eigenvalue weighted by Gasteiger charge is -1.82. The smallest absolute Gasteiger partial charge is 0.292 e. The molecule has 0 unspecified atom stereocenters. The fraction of sp³-hybridized carbons (Fsp3) is 0.333. The van der Waals surface area contributed by atoms with Crippen LogP contribution < -0.4 is 5.56 Å². The number of H-pyrrole nitrogens is 1. The largest absolute Gasteiger partial charge is 0.502 e. The summed E-state index contributed by atoms with van der Waals surface area (Å²) in [6, 6.07) is 0. The predicted octanol–water partition coefficient (Wildman–Crippen LogP) is 0.502. The Labute approximate surface area is 58.6 Å². The zero-order valence-electron chi connectivity index (χ0n) is 5.96. The number of aromatic amines is 1. The summed E-state index contributed by atoms with van der Waals surface area (Å²) >= 11 is 0. The van der Waals surface area contributed by atoms with Crippen molar-refractivity contribution < 1.29 is 5.11 Å². The SMILES string of the molecule is CC.O=c1[nH]cncc1O. The second kappa shape index (κ2) is 4.55. The molecule has 2 N–H and O–H groups in total. The van der Waals surface area contributed by atoms with Gasteiger partial charge in [-0.3, -0.25) is 4.79 Å². The third-order valence-corrected chi connectivity index (χ3v) is 0.700. The van der Waals surface area contributed by atoms with Crippen molar-refractivity contribution in [1.82, 2.24) is 9.97 Å². The monoisotopic (exact) mass is 142 g/mol. The van der Waals surface area contributed by atoms with Gasteiger partial charge in [0.05, 0.1) is 12.5 Å². The van der Waals surface area contributed by atoms with E-state index in [-0.39, 0.29) is 5.75 Å². The van der Waals surface area contributed by atoms with Crippen molar-refractivity contribution in [1.29, 1.82) is 0 Å². The topological polar surface area (TPSA) is 66.0 Å². The van der Waals surface area contributed by atoms with Crippen LogP contribution in [0.3, 0.4) is 0 Å². The molecule has 0 aliphatic rings. The molecule has 0 bridgehead atoms. The summed E-state index contributed by atoms with van der Waals surface area (Å²) in [5.41, 5.74) is -0.514. The van der Waals surface area contributed by atoms with Crippen molar-refractivity contribution in [3.63, 3.8) is 0 Å². The molecule has 4 nitrogen and oxygen atoms in total. The number of rotatable bonds is 0. The highest BCUT2D eigenvalue weighted by Gasteiger charge is 1.88. The van der Waals surface area contributed by atoms with Crippen LogP contribution in [0.2, 0.25) is 0 Å². The standard InChI is InChI=1S/C4H4N2O2.C2H6/c7-3-1-5-2-6-4(3)8;1-2/h1-2,7H,(H,5,6,8);1-2H3. The highest BCUT2D eigenvalue weighted by atomic mass is 16.3. The van der Waals surface area contributed by atoms with Gasteiger partial charge in [-0.25, -0.2) is 4.98 Å². The lowest BCUT2D eigenvalue weighted by molar-refractivity contribution is 0.463. The Morgan fingerprint density at radius 3 is 2.50 bits per heavy atom. The second-order valence-electron chi connectivity index (χ2n) is 1.27. The molecule has 1 aromatic heterocycles. The Morgan fingerprint density at radius 1 is 1.60 bits per heavy atom. The molecule has 0 aliphatic heterocycles. The summed E-state index contributed by atoms with van der Waals surface area (Å²) in [6.07, 6.45) is 2.29. The summed E-state index contributed by atoms with van der Waals surface area (Å²) < 4.78 is 0.